The monoisotopic (exact) mass is 212 g/mol. The smallest absolute Gasteiger partial charge is 0.183 e. The normalized spacial score (nSPS) is 11.6. The van der Waals surface area contributed by atoms with Gasteiger partial charge in [-0.2, -0.15) is 11.5 Å². The second kappa shape index (κ2) is 10.9. The minimum atomic E-state index is 0.0868. The van der Waals surface area contributed by atoms with Crippen LogP contribution in [0.4, 0.5) is 0 Å². The number of hydrogen-bond donors (Lipinski definition) is 0. The maximum atomic E-state index is 6.07. The van der Waals surface area contributed by atoms with Crippen LogP contribution in [0.1, 0.15) is 52.4 Å². The van der Waals surface area contributed by atoms with Gasteiger partial charge in [0.25, 0.3) is 6.13 Å². The van der Waals surface area contributed by atoms with E-state index in [1.807, 2.05) is 0 Å². The second-order valence-electron chi connectivity index (χ2n) is 3.59. The Bertz CT molecular complexity index is 146. The molecule has 0 saturated heterocycles. The standard InChI is InChI=1S/C12H22BCl/c1-3-5-7-9-11-13(14)12-10-8-6-4-2/h9-12H,3-8H2,1-2H3/b11-9+,12-10+. The van der Waals surface area contributed by atoms with Gasteiger partial charge in [-0.05, 0) is 12.8 Å². The first-order valence-electron chi connectivity index (χ1n) is 5.78. The summed E-state index contributed by atoms with van der Waals surface area (Å²) in [6, 6.07) is 0. The Morgan fingerprint density at radius 1 is 0.929 bits per heavy atom. The molecule has 0 bridgehead atoms. The Morgan fingerprint density at radius 3 is 1.71 bits per heavy atom. The number of allylic oxidation sites excluding steroid dienone is 2. The first-order chi connectivity index (χ1) is 6.81. The molecule has 0 rings (SSSR count). The van der Waals surface area contributed by atoms with Crippen LogP contribution in [-0.2, 0) is 0 Å². The second-order valence-corrected chi connectivity index (χ2v) is 4.09. The predicted molar refractivity (Wildman–Crippen MR) is 68.9 cm³/mol. The Hall–Kier alpha value is -0.165. The number of rotatable bonds is 8. The molecule has 0 radical (unpaired) electrons. The van der Waals surface area contributed by atoms with E-state index in [4.69, 9.17) is 11.5 Å². The summed E-state index contributed by atoms with van der Waals surface area (Å²) in [6.07, 6.45) is 11.8. The van der Waals surface area contributed by atoms with Crippen molar-refractivity contribution in [3.05, 3.63) is 24.1 Å². The minimum Gasteiger partial charge on any atom is -0.183 e. The van der Waals surface area contributed by atoms with Gasteiger partial charge >= 0.3 is 0 Å². The lowest BCUT2D eigenvalue weighted by Crippen LogP contribution is -1.93. The molecule has 0 heterocycles. The van der Waals surface area contributed by atoms with Gasteiger partial charge < -0.3 is 0 Å². The summed E-state index contributed by atoms with van der Waals surface area (Å²) in [5, 5.41) is 0. The molecule has 0 aliphatic heterocycles. The summed E-state index contributed by atoms with van der Waals surface area (Å²) < 4.78 is 0. The highest BCUT2D eigenvalue weighted by atomic mass is 35.5. The summed E-state index contributed by atoms with van der Waals surface area (Å²) in [4.78, 5) is 0. The van der Waals surface area contributed by atoms with Gasteiger partial charge in [0, 0.05) is 0 Å². The average Bonchev–Trinajstić information content (AvgIpc) is 2.19. The van der Waals surface area contributed by atoms with Crippen LogP contribution in [0.2, 0.25) is 0 Å². The van der Waals surface area contributed by atoms with Crippen LogP contribution in [-0.4, -0.2) is 6.13 Å². The van der Waals surface area contributed by atoms with Gasteiger partial charge in [-0.3, -0.25) is 0 Å². The summed E-state index contributed by atoms with van der Waals surface area (Å²) in [5.41, 5.74) is 0. The molecule has 2 heteroatoms. The van der Waals surface area contributed by atoms with Crippen molar-refractivity contribution >= 4 is 17.6 Å². The van der Waals surface area contributed by atoms with Gasteiger partial charge in [0.15, 0.2) is 0 Å². The molecule has 0 spiro atoms. The van der Waals surface area contributed by atoms with Crippen molar-refractivity contribution in [2.24, 2.45) is 0 Å². The highest BCUT2D eigenvalue weighted by molar-refractivity contribution is 7.12. The fourth-order valence-electron chi connectivity index (χ4n) is 1.16. The Balaban J connectivity index is 3.47. The molecule has 0 saturated carbocycles. The Morgan fingerprint density at radius 2 is 1.36 bits per heavy atom. The van der Waals surface area contributed by atoms with Crippen LogP contribution in [0.25, 0.3) is 0 Å². The zero-order valence-corrected chi connectivity index (χ0v) is 10.3. The van der Waals surface area contributed by atoms with Crippen LogP contribution in [0.5, 0.6) is 0 Å². The summed E-state index contributed by atoms with van der Waals surface area (Å²) >= 11 is 6.07. The van der Waals surface area contributed by atoms with E-state index in [1.165, 1.54) is 25.7 Å². The third-order valence-electron chi connectivity index (χ3n) is 2.09. The van der Waals surface area contributed by atoms with Crippen molar-refractivity contribution in [2.75, 3.05) is 0 Å². The quantitative estimate of drug-likeness (QED) is 0.401. The average molecular weight is 213 g/mol. The number of hydrogen-bond acceptors (Lipinski definition) is 0. The lowest BCUT2D eigenvalue weighted by atomic mass is 9.75. The molecule has 80 valence electrons. The maximum Gasteiger partial charge on any atom is 0.300 e. The van der Waals surface area contributed by atoms with Gasteiger partial charge in [-0.1, -0.05) is 63.6 Å². The maximum absolute atomic E-state index is 6.07. The molecule has 0 aromatic rings. The van der Waals surface area contributed by atoms with E-state index in [-0.39, 0.29) is 6.13 Å². The van der Waals surface area contributed by atoms with Crippen molar-refractivity contribution in [3.63, 3.8) is 0 Å². The number of unbranched alkanes of at least 4 members (excludes halogenated alkanes) is 4. The van der Waals surface area contributed by atoms with Gasteiger partial charge in [-0.25, -0.2) is 0 Å². The third-order valence-corrected chi connectivity index (χ3v) is 2.38. The van der Waals surface area contributed by atoms with Crippen molar-refractivity contribution in [2.45, 2.75) is 52.4 Å². The third kappa shape index (κ3) is 9.92. The first-order valence-corrected chi connectivity index (χ1v) is 6.22. The van der Waals surface area contributed by atoms with Gasteiger partial charge in [0.1, 0.15) is 0 Å². The molecule has 0 aromatic heterocycles. The van der Waals surface area contributed by atoms with Crippen LogP contribution in [0.3, 0.4) is 0 Å². The number of halogens is 1. The zero-order valence-electron chi connectivity index (χ0n) is 9.51. The fourth-order valence-corrected chi connectivity index (χ4v) is 1.37. The molecule has 0 unspecified atom stereocenters. The zero-order chi connectivity index (χ0) is 10.6. The lowest BCUT2D eigenvalue weighted by Gasteiger charge is -1.92. The summed E-state index contributed by atoms with van der Waals surface area (Å²) in [7, 11) is 0. The van der Waals surface area contributed by atoms with Crippen LogP contribution in [0.15, 0.2) is 24.1 Å². The molecule has 0 aromatic carbocycles. The predicted octanol–water partition coefficient (Wildman–Crippen LogP) is 4.79. The molecule has 0 N–H and O–H groups in total. The van der Waals surface area contributed by atoms with Gasteiger partial charge in [0.05, 0.1) is 0 Å². The van der Waals surface area contributed by atoms with E-state index in [2.05, 4.69) is 38.0 Å². The van der Waals surface area contributed by atoms with Crippen LogP contribution in [0, 0.1) is 0 Å². The van der Waals surface area contributed by atoms with Crippen molar-refractivity contribution < 1.29 is 0 Å². The molecule has 14 heavy (non-hydrogen) atoms. The molecule has 0 aliphatic carbocycles. The first kappa shape index (κ1) is 13.8. The highest BCUT2D eigenvalue weighted by Crippen LogP contribution is 2.02. The molecule has 0 atom stereocenters. The van der Waals surface area contributed by atoms with Crippen LogP contribution >= 0.6 is 11.5 Å². The van der Waals surface area contributed by atoms with E-state index >= 15 is 0 Å². The molecule has 0 aliphatic rings. The van der Waals surface area contributed by atoms with Crippen molar-refractivity contribution in [3.8, 4) is 0 Å². The Kier molecular flexibility index (Phi) is 10.8. The SMILES string of the molecule is CCCC/C=C/B(Cl)/C=C/CCCC. The van der Waals surface area contributed by atoms with Crippen molar-refractivity contribution in [1.29, 1.82) is 0 Å². The minimum absolute atomic E-state index is 0.0868. The molecular weight excluding hydrogens is 190 g/mol. The van der Waals surface area contributed by atoms with E-state index < -0.39 is 0 Å². The topological polar surface area (TPSA) is 0 Å². The summed E-state index contributed by atoms with van der Waals surface area (Å²) in [5.74, 6) is 4.17. The largest absolute Gasteiger partial charge is 0.300 e. The van der Waals surface area contributed by atoms with Crippen LogP contribution < -0.4 is 0 Å². The highest BCUT2D eigenvalue weighted by Gasteiger charge is 1.97. The fraction of sp³-hybridized carbons (Fsp3) is 0.667. The molecule has 0 nitrogen and oxygen atoms in total. The molecule has 0 fully saturated rings. The van der Waals surface area contributed by atoms with E-state index in [0.717, 1.165) is 12.8 Å². The Labute approximate surface area is 94.4 Å². The summed E-state index contributed by atoms with van der Waals surface area (Å²) in [6.45, 7) is 4.41. The van der Waals surface area contributed by atoms with E-state index in [9.17, 15) is 0 Å². The van der Waals surface area contributed by atoms with E-state index in [1.54, 1.807) is 0 Å². The molecular formula is C12H22BCl. The molecule has 0 amide bonds. The van der Waals surface area contributed by atoms with Crippen molar-refractivity contribution in [1.82, 2.24) is 0 Å². The van der Waals surface area contributed by atoms with Gasteiger partial charge in [-0.15, -0.1) is 0 Å². The van der Waals surface area contributed by atoms with Gasteiger partial charge in [0.2, 0.25) is 0 Å². The lowest BCUT2D eigenvalue weighted by molar-refractivity contribution is 0.815. The van der Waals surface area contributed by atoms with E-state index in [0.29, 0.717) is 0 Å².